The summed E-state index contributed by atoms with van der Waals surface area (Å²) in [6.45, 7) is 2.93. The predicted octanol–water partition coefficient (Wildman–Crippen LogP) is 3.36. The average molecular weight is 524 g/mol. The van der Waals surface area contributed by atoms with Gasteiger partial charge in [0, 0.05) is 26.1 Å². The smallest absolute Gasteiger partial charge is 0.243 e. The van der Waals surface area contributed by atoms with E-state index < -0.39 is 20.0 Å². The van der Waals surface area contributed by atoms with E-state index in [9.17, 15) is 21.6 Å². The second-order valence-corrected chi connectivity index (χ2v) is 12.4. The van der Waals surface area contributed by atoms with Crippen LogP contribution in [-0.4, -0.2) is 60.0 Å². The van der Waals surface area contributed by atoms with Gasteiger partial charge in [0.05, 0.1) is 29.6 Å². The number of carbonyl (C=O) groups is 1. The molecule has 0 aromatic heterocycles. The van der Waals surface area contributed by atoms with Crippen LogP contribution in [0.1, 0.15) is 37.7 Å². The van der Waals surface area contributed by atoms with E-state index >= 15 is 0 Å². The lowest BCUT2D eigenvalue weighted by Crippen LogP contribution is -2.35. The summed E-state index contributed by atoms with van der Waals surface area (Å²) in [6, 6.07) is 11.6. The van der Waals surface area contributed by atoms with Gasteiger partial charge in [-0.15, -0.1) is 0 Å². The number of hydrogen-bond acceptors (Lipinski definition) is 6. The third-order valence-electron chi connectivity index (χ3n) is 5.95. The zero-order chi connectivity index (χ0) is 25.6. The van der Waals surface area contributed by atoms with Crippen LogP contribution in [0.5, 0.6) is 5.75 Å². The Balaban J connectivity index is 1.70. The fourth-order valence-electron chi connectivity index (χ4n) is 4.10. The zero-order valence-corrected chi connectivity index (χ0v) is 22.0. The molecule has 11 heteroatoms. The summed E-state index contributed by atoms with van der Waals surface area (Å²) in [6.07, 6.45) is 4.12. The quantitative estimate of drug-likeness (QED) is 0.511. The Bertz CT molecular complexity index is 1260. The number of rotatable bonds is 10. The van der Waals surface area contributed by atoms with Crippen molar-refractivity contribution in [2.45, 2.75) is 43.9 Å². The van der Waals surface area contributed by atoms with E-state index in [1.165, 1.54) is 33.9 Å². The van der Waals surface area contributed by atoms with Crippen LogP contribution in [-0.2, 0) is 24.8 Å². The fourth-order valence-corrected chi connectivity index (χ4v) is 6.67. The van der Waals surface area contributed by atoms with Gasteiger partial charge in [0.2, 0.25) is 26.0 Å². The number of piperidine rings is 1. The van der Waals surface area contributed by atoms with E-state index in [0.717, 1.165) is 31.1 Å². The van der Waals surface area contributed by atoms with Gasteiger partial charge in [-0.25, -0.2) is 16.8 Å². The molecule has 0 unspecified atom stereocenters. The van der Waals surface area contributed by atoms with Crippen LogP contribution in [0, 0.1) is 6.92 Å². The van der Waals surface area contributed by atoms with Gasteiger partial charge in [-0.2, -0.15) is 4.31 Å². The standard InChI is InChI=1S/C24H33N3O6S2/c1-19-10-5-6-11-22(19)27(34(3,29)30)17-9-12-24(28)25-21-18-20(13-14-23(21)33-2)35(31,32)26-15-7-4-8-16-26/h5-6,10-11,13-14,18H,4,7-9,12,15-17H2,1-3H3,(H,25,28). The molecule has 9 nitrogen and oxygen atoms in total. The van der Waals surface area contributed by atoms with Crippen molar-refractivity contribution in [2.24, 2.45) is 0 Å². The van der Waals surface area contributed by atoms with Gasteiger partial charge < -0.3 is 10.1 Å². The van der Waals surface area contributed by atoms with Crippen LogP contribution in [0.2, 0.25) is 0 Å². The van der Waals surface area contributed by atoms with Crippen LogP contribution in [0.3, 0.4) is 0 Å². The lowest BCUT2D eigenvalue weighted by atomic mass is 10.2. The monoisotopic (exact) mass is 523 g/mol. The molecule has 1 aliphatic rings. The number of aryl methyl sites for hydroxylation is 1. The molecule has 0 bridgehead atoms. The highest BCUT2D eigenvalue weighted by atomic mass is 32.2. The minimum atomic E-state index is -3.67. The third-order valence-corrected chi connectivity index (χ3v) is 9.02. The summed E-state index contributed by atoms with van der Waals surface area (Å²) in [5.41, 5.74) is 1.65. The number of anilines is 2. The molecule has 0 saturated carbocycles. The molecule has 1 heterocycles. The number of para-hydroxylation sites is 1. The van der Waals surface area contributed by atoms with E-state index in [1.807, 2.05) is 19.1 Å². The molecule has 0 atom stereocenters. The molecule has 3 rings (SSSR count). The maximum atomic E-state index is 13.0. The van der Waals surface area contributed by atoms with Crippen molar-refractivity contribution < 1.29 is 26.4 Å². The van der Waals surface area contributed by atoms with E-state index in [1.54, 1.807) is 12.1 Å². The third kappa shape index (κ3) is 6.74. The molecule has 192 valence electrons. The van der Waals surface area contributed by atoms with Gasteiger partial charge >= 0.3 is 0 Å². The van der Waals surface area contributed by atoms with Gasteiger partial charge in [0.1, 0.15) is 5.75 Å². The molecule has 0 aliphatic carbocycles. The molecule has 1 aliphatic heterocycles. The number of hydrogen-bond donors (Lipinski definition) is 1. The molecule has 1 fully saturated rings. The second kappa shape index (κ2) is 11.4. The lowest BCUT2D eigenvalue weighted by molar-refractivity contribution is -0.116. The van der Waals surface area contributed by atoms with Gasteiger partial charge in [0.25, 0.3) is 0 Å². The number of methoxy groups -OCH3 is 1. The fraction of sp³-hybridized carbons (Fsp3) is 0.458. The number of ether oxygens (including phenoxy) is 1. The number of nitrogens with zero attached hydrogens (tertiary/aromatic N) is 2. The lowest BCUT2D eigenvalue weighted by Gasteiger charge is -2.26. The molecule has 1 amide bonds. The van der Waals surface area contributed by atoms with Gasteiger partial charge in [-0.1, -0.05) is 24.6 Å². The first-order chi connectivity index (χ1) is 16.5. The highest BCUT2D eigenvalue weighted by Gasteiger charge is 2.27. The molecule has 0 radical (unpaired) electrons. The van der Waals surface area contributed by atoms with E-state index in [4.69, 9.17) is 4.74 Å². The first kappa shape index (κ1) is 27.0. The van der Waals surface area contributed by atoms with Crippen LogP contribution in [0.15, 0.2) is 47.4 Å². The first-order valence-electron chi connectivity index (χ1n) is 11.6. The molecular formula is C24H33N3O6S2. The Morgan fingerprint density at radius 3 is 2.37 bits per heavy atom. The summed E-state index contributed by atoms with van der Waals surface area (Å²) in [7, 11) is -5.76. The van der Waals surface area contributed by atoms with Crippen molar-refractivity contribution in [3.63, 3.8) is 0 Å². The van der Waals surface area contributed by atoms with Crippen LogP contribution < -0.4 is 14.4 Å². The van der Waals surface area contributed by atoms with Crippen LogP contribution >= 0.6 is 0 Å². The number of nitrogens with one attached hydrogen (secondary N) is 1. The Morgan fingerprint density at radius 1 is 1.06 bits per heavy atom. The van der Waals surface area contributed by atoms with Gasteiger partial charge in [-0.3, -0.25) is 9.10 Å². The number of sulfonamides is 2. The van der Waals surface area contributed by atoms with Crippen molar-refractivity contribution in [3.05, 3.63) is 48.0 Å². The minimum absolute atomic E-state index is 0.0458. The predicted molar refractivity (Wildman–Crippen MR) is 137 cm³/mol. The van der Waals surface area contributed by atoms with Crippen molar-refractivity contribution >= 4 is 37.3 Å². The summed E-state index contributed by atoms with van der Waals surface area (Å²) in [4.78, 5) is 12.8. The molecule has 0 spiro atoms. The Hall–Kier alpha value is -2.63. The Labute approximate surface area is 208 Å². The molecule has 35 heavy (non-hydrogen) atoms. The van der Waals surface area contributed by atoms with Gasteiger partial charge in [-0.05, 0) is 56.0 Å². The van der Waals surface area contributed by atoms with Crippen LogP contribution in [0.4, 0.5) is 11.4 Å². The summed E-state index contributed by atoms with van der Waals surface area (Å²) in [5.74, 6) is -0.0253. The average Bonchev–Trinajstić information content (AvgIpc) is 2.82. The zero-order valence-electron chi connectivity index (χ0n) is 20.4. The number of benzene rings is 2. The Kier molecular flexibility index (Phi) is 8.79. The van der Waals surface area contributed by atoms with Crippen molar-refractivity contribution in [1.82, 2.24) is 4.31 Å². The topological polar surface area (TPSA) is 113 Å². The minimum Gasteiger partial charge on any atom is -0.495 e. The van der Waals surface area contributed by atoms with Crippen molar-refractivity contribution in [3.8, 4) is 5.75 Å². The molecule has 1 saturated heterocycles. The molecule has 2 aromatic carbocycles. The van der Waals surface area contributed by atoms with E-state index in [0.29, 0.717) is 24.5 Å². The highest BCUT2D eigenvalue weighted by Crippen LogP contribution is 2.30. The number of amides is 1. The van der Waals surface area contributed by atoms with Crippen molar-refractivity contribution in [1.29, 1.82) is 0 Å². The SMILES string of the molecule is COc1ccc(S(=O)(=O)N2CCCCC2)cc1NC(=O)CCCN(c1ccccc1C)S(C)(=O)=O. The highest BCUT2D eigenvalue weighted by molar-refractivity contribution is 7.92. The summed E-state index contributed by atoms with van der Waals surface area (Å²) in [5, 5.41) is 2.73. The maximum Gasteiger partial charge on any atom is 0.243 e. The molecule has 1 N–H and O–H groups in total. The van der Waals surface area contributed by atoms with E-state index in [-0.39, 0.29) is 35.9 Å². The normalized spacial score (nSPS) is 14.9. The summed E-state index contributed by atoms with van der Waals surface area (Å²) >= 11 is 0. The largest absolute Gasteiger partial charge is 0.495 e. The van der Waals surface area contributed by atoms with Crippen molar-refractivity contribution in [2.75, 3.05) is 42.6 Å². The van der Waals surface area contributed by atoms with Crippen LogP contribution in [0.25, 0.3) is 0 Å². The van der Waals surface area contributed by atoms with Gasteiger partial charge in [0.15, 0.2) is 0 Å². The molecule has 2 aromatic rings. The summed E-state index contributed by atoms with van der Waals surface area (Å²) < 4.78 is 58.8. The maximum absolute atomic E-state index is 13.0. The van der Waals surface area contributed by atoms with E-state index in [2.05, 4.69) is 5.32 Å². The molecular weight excluding hydrogens is 490 g/mol. The second-order valence-electron chi connectivity index (χ2n) is 8.60. The Morgan fingerprint density at radius 2 is 1.74 bits per heavy atom. The number of carbonyl (C=O) groups excluding carboxylic acids is 1. The first-order valence-corrected chi connectivity index (χ1v) is 14.8.